The molecule has 1 saturated heterocycles. The second kappa shape index (κ2) is 11.9. The number of carbonyl (C=O) groups excluding carboxylic acids is 2. The van der Waals surface area contributed by atoms with Crippen molar-refractivity contribution in [2.75, 3.05) is 39.3 Å². The van der Waals surface area contributed by atoms with E-state index in [9.17, 15) is 9.59 Å². The molecule has 0 aliphatic carbocycles. The van der Waals surface area contributed by atoms with Gasteiger partial charge in [-0.15, -0.1) is 0 Å². The Kier molecular flexibility index (Phi) is 9.57. The number of benzene rings is 1. The Hall–Kier alpha value is -1.96. The lowest BCUT2D eigenvalue weighted by Gasteiger charge is -2.32. The number of hydrogen-bond donors (Lipinski definition) is 2. The average molecular weight is 406 g/mol. The fraction of sp³-hybridized carbons (Fsp3) is 0.636. The van der Waals surface area contributed by atoms with Crippen molar-refractivity contribution < 1.29 is 19.1 Å². The van der Waals surface area contributed by atoms with Crippen LogP contribution in [-0.4, -0.2) is 67.7 Å². The van der Waals surface area contributed by atoms with E-state index in [0.717, 1.165) is 44.8 Å². The number of ether oxygens (including phenoxy) is 2. The van der Waals surface area contributed by atoms with E-state index in [1.165, 1.54) is 0 Å². The Labute approximate surface area is 174 Å². The van der Waals surface area contributed by atoms with Crippen molar-refractivity contribution >= 4 is 11.9 Å². The largest absolute Gasteiger partial charge is 0.461 e. The van der Waals surface area contributed by atoms with Gasteiger partial charge in [-0.25, -0.2) is 0 Å². The summed E-state index contributed by atoms with van der Waals surface area (Å²) in [6.07, 6.45) is 0.552. The summed E-state index contributed by atoms with van der Waals surface area (Å²) >= 11 is 0. The summed E-state index contributed by atoms with van der Waals surface area (Å²) < 4.78 is 11.0. The minimum atomic E-state index is -0.570. The van der Waals surface area contributed by atoms with Crippen LogP contribution in [0.2, 0.25) is 0 Å². The van der Waals surface area contributed by atoms with Crippen LogP contribution in [0.1, 0.15) is 39.2 Å². The van der Waals surface area contributed by atoms with Gasteiger partial charge in [-0.3, -0.25) is 14.5 Å². The molecule has 1 fully saturated rings. The summed E-state index contributed by atoms with van der Waals surface area (Å²) in [4.78, 5) is 27.3. The first-order valence-electron chi connectivity index (χ1n) is 10.4. The highest BCUT2D eigenvalue weighted by molar-refractivity contribution is 5.77. The molecule has 0 saturated carbocycles. The van der Waals surface area contributed by atoms with Crippen molar-refractivity contribution in [2.45, 2.75) is 51.9 Å². The van der Waals surface area contributed by atoms with Crippen molar-refractivity contribution in [3.8, 4) is 0 Å². The molecule has 0 radical (unpaired) electrons. The van der Waals surface area contributed by atoms with Gasteiger partial charge in [0.05, 0.1) is 0 Å². The third-order valence-electron chi connectivity index (χ3n) is 4.61. The molecule has 2 N–H and O–H groups in total. The molecule has 0 spiro atoms. The van der Waals surface area contributed by atoms with Gasteiger partial charge in [0.2, 0.25) is 0 Å². The molecular formula is C22H35N3O4. The molecule has 1 aromatic rings. The fourth-order valence-corrected chi connectivity index (χ4v) is 3.18. The van der Waals surface area contributed by atoms with E-state index in [-0.39, 0.29) is 25.0 Å². The van der Waals surface area contributed by atoms with Gasteiger partial charge in [0.1, 0.15) is 18.2 Å². The molecule has 0 unspecified atom stereocenters. The maximum atomic E-state index is 12.9. The number of hydrogen-bond acceptors (Lipinski definition) is 7. The molecule has 0 bridgehead atoms. The lowest BCUT2D eigenvalue weighted by atomic mass is 10.1. The van der Waals surface area contributed by atoms with Gasteiger partial charge >= 0.3 is 11.9 Å². The number of esters is 2. The molecule has 0 amide bonds. The van der Waals surface area contributed by atoms with Crippen LogP contribution in [-0.2, 0) is 25.7 Å². The Bertz CT molecular complexity index is 621. The van der Waals surface area contributed by atoms with E-state index in [4.69, 9.17) is 9.47 Å². The summed E-state index contributed by atoms with van der Waals surface area (Å²) in [5, 5.41) is 6.71. The van der Waals surface area contributed by atoms with E-state index in [1.54, 1.807) is 0 Å². The molecule has 7 nitrogen and oxygen atoms in total. The molecule has 1 heterocycles. The van der Waals surface area contributed by atoms with Gasteiger partial charge in [-0.2, -0.15) is 0 Å². The molecule has 0 aromatic heterocycles. The SMILES string of the molecule is CC(C)(C)OC(=O)[C@@H](CCC(=O)OCc1ccccc1)N1CCNCCNCC1. The molecule has 1 aliphatic rings. The minimum Gasteiger partial charge on any atom is -0.461 e. The summed E-state index contributed by atoms with van der Waals surface area (Å²) in [6.45, 7) is 10.7. The molecule has 1 aliphatic heterocycles. The lowest BCUT2D eigenvalue weighted by molar-refractivity contribution is -0.162. The molecule has 7 heteroatoms. The maximum absolute atomic E-state index is 12.9. The summed E-state index contributed by atoms with van der Waals surface area (Å²) in [6, 6.07) is 9.11. The van der Waals surface area contributed by atoms with Gasteiger partial charge in [0.15, 0.2) is 0 Å². The second-order valence-corrected chi connectivity index (χ2v) is 8.27. The van der Waals surface area contributed by atoms with Crippen molar-refractivity contribution in [3.05, 3.63) is 35.9 Å². The number of carbonyl (C=O) groups is 2. The monoisotopic (exact) mass is 405 g/mol. The zero-order chi connectivity index (χ0) is 21.1. The Balaban J connectivity index is 1.95. The standard InChI is InChI=1S/C22H35N3O4/c1-22(2,3)29-21(27)19(25-15-13-23-11-12-24-14-16-25)9-10-20(26)28-17-18-7-5-4-6-8-18/h4-8,19,23-24H,9-17H2,1-3H3/t19-/m1/s1. The van der Waals surface area contributed by atoms with Gasteiger partial charge in [0.25, 0.3) is 0 Å². The summed E-state index contributed by atoms with van der Waals surface area (Å²) in [5.74, 6) is -0.587. The van der Waals surface area contributed by atoms with Crippen molar-refractivity contribution in [1.29, 1.82) is 0 Å². The smallest absolute Gasteiger partial charge is 0.323 e. The van der Waals surface area contributed by atoms with E-state index in [2.05, 4.69) is 15.5 Å². The van der Waals surface area contributed by atoms with Crippen LogP contribution in [0.4, 0.5) is 0 Å². The van der Waals surface area contributed by atoms with Crippen molar-refractivity contribution in [3.63, 3.8) is 0 Å². The molecular weight excluding hydrogens is 370 g/mol. The van der Waals surface area contributed by atoms with Crippen LogP contribution in [0.3, 0.4) is 0 Å². The third-order valence-corrected chi connectivity index (χ3v) is 4.61. The van der Waals surface area contributed by atoms with Crippen molar-refractivity contribution in [2.24, 2.45) is 0 Å². The van der Waals surface area contributed by atoms with Gasteiger partial charge < -0.3 is 20.1 Å². The van der Waals surface area contributed by atoms with E-state index in [0.29, 0.717) is 6.42 Å². The Morgan fingerprint density at radius 2 is 1.66 bits per heavy atom. The summed E-state index contributed by atoms with van der Waals surface area (Å²) in [5.41, 5.74) is 0.376. The predicted octanol–water partition coefficient (Wildman–Crippen LogP) is 1.72. The predicted molar refractivity (Wildman–Crippen MR) is 112 cm³/mol. The lowest BCUT2D eigenvalue weighted by Crippen LogP contribution is -2.48. The molecule has 29 heavy (non-hydrogen) atoms. The zero-order valence-corrected chi connectivity index (χ0v) is 17.9. The molecule has 1 aromatic carbocycles. The Morgan fingerprint density at radius 1 is 1.03 bits per heavy atom. The van der Waals surface area contributed by atoms with Crippen molar-refractivity contribution in [1.82, 2.24) is 15.5 Å². The van der Waals surface area contributed by atoms with Gasteiger partial charge in [-0.05, 0) is 32.8 Å². The van der Waals surface area contributed by atoms with Gasteiger partial charge in [0, 0.05) is 45.7 Å². The maximum Gasteiger partial charge on any atom is 0.323 e. The number of nitrogens with one attached hydrogen (secondary N) is 2. The highest BCUT2D eigenvalue weighted by Crippen LogP contribution is 2.16. The van der Waals surface area contributed by atoms with Crippen LogP contribution in [0.5, 0.6) is 0 Å². The molecule has 162 valence electrons. The third kappa shape index (κ3) is 9.39. The second-order valence-electron chi connectivity index (χ2n) is 8.27. The molecule has 2 rings (SSSR count). The first-order chi connectivity index (χ1) is 13.8. The minimum absolute atomic E-state index is 0.175. The molecule has 1 atom stereocenters. The van der Waals surface area contributed by atoms with E-state index < -0.39 is 11.6 Å². The van der Waals surface area contributed by atoms with Crippen LogP contribution in [0.25, 0.3) is 0 Å². The van der Waals surface area contributed by atoms with Crippen LogP contribution >= 0.6 is 0 Å². The van der Waals surface area contributed by atoms with Crippen LogP contribution < -0.4 is 10.6 Å². The number of rotatable bonds is 7. The highest BCUT2D eigenvalue weighted by atomic mass is 16.6. The average Bonchev–Trinajstić information content (AvgIpc) is 2.80. The van der Waals surface area contributed by atoms with E-state index in [1.807, 2.05) is 51.1 Å². The first-order valence-corrected chi connectivity index (χ1v) is 10.4. The van der Waals surface area contributed by atoms with Gasteiger partial charge in [-0.1, -0.05) is 30.3 Å². The Morgan fingerprint density at radius 3 is 2.24 bits per heavy atom. The highest BCUT2D eigenvalue weighted by Gasteiger charge is 2.31. The van der Waals surface area contributed by atoms with Crippen LogP contribution in [0, 0.1) is 0 Å². The fourth-order valence-electron chi connectivity index (χ4n) is 3.18. The van der Waals surface area contributed by atoms with E-state index >= 15 is 0 Å². The summed E-state index contributed by atoms with van der Waals surface area (Å²) in [7, 11) is 0. The normalized spacial score (nSPS) is 17.5. The quantitative estimate of drug-likeness (QED) is 0.669. The zero-order valence-electron chi connectivity index (χ0n) is 17.9. The number of nitrogens with zero attached hydrogens (tertiary/aromatic N) is 1. The van der Waals surface area contributed by atoms with Crippen LogP contribution in [0.15, 0.2) is 30.3 Å². The topological polar surface area (TPSA) is 79.9 Å². The first kappa shape index (κ1) is 23.3.